The summed E-state index contributed by atoms with van der Waals surface area (Å²) in [5.41, 5.74) is 0.313. The number of carbonyl (C=O) groups is 2. The molecular formula is C17H22ClFN2O4. The van der Waals surface area contributed by atoms with E-state index in [1.54, 1.807) is 12.1 Å². The molecule has 2 unspecified atom stereocenters. The molecule has 25 heavy (non-hydrogen) atoms. The summed E-state index contributed by atoms with van der Waals surface area (Å²) in [5.74, 6) is -0.917. The van der Waals surface area contributed by atoms with Crippen LogP contribution in [0.4, 0.5) is 9.18 Å². The van der Waals surface area contributed by atoms with Crippen molar-refractivity contribution in [3.05, 3.63) is 34.6 Å². The molecule has 0 radical (unpaired) electrons. The number of nitrogens with zero attached hydrogens (tertiary/aromatic N) is 1. The minimum atomic E-state index is -0.992. The highest BCUT2D eigenvalue weighted by Gasteiger charge is 2.32. The second-order valence-electron chi connectivity index (χ2n) is 6.05. The van der Waals surface area contributed by atoms with Gasteiger partial charge in [0.1, 0.15) is 5.82 Å². The highest BCUT2D eigenvalue weighted by molar-refractivity contribution is 6.30. The molecule has 1 aliphatic rings. The Bertz CT molecular complexity index is 629. The van der Waals surface area contributed by atoms with Gasteiger partial charge < -0.3 is 20.1 Å². The Morgan fingerprint density at radius 3 is 2.96 bits per heavy atom. The summed E-state index contributed by atoms with van der Waals surface area (Å²) >= 11 is 5.89. The second kappa shape index (κ2) is 9.01. The third-order valence-electron chi connectivity index (χ3n) is 4.22. The molecule has 1 aliphatic heterocycles. The van der Waals surface area contributed by atoms with E-state index in [4.69, 9.17) is 16.3 Å². The molecule has 8 heteroatoms. The van der Waals surface area contributed by atoms with Gasteiger partial charge in [0, 0.05) is 38.0 Å². The third-order valence-corrected chi connectivity index (χ3v) is 4.51. The molecule has 2 atom stereocenters. The molecule has 6 nitrogen and oxygen atoms in total. The average molecular weight is 373 g/mol. The van der Waals surface area contributed by atoms with Crippen LogP contribution in [-0.2, 0) is 9.53 Å². The molecule has 0 aromatic heterocycles. The molecule has 0 bridgehead atoms. The minimum absolute atomic E-state index is 0.00105. The Kier molecular flexibility index (Phi) is 7.01. The predicted molar refractivity (Wildman–Crippen MR) is 91.1 cm³/mol. The van der Waals surface area contributed by atoms with Crippen LogP contribution in [0, 0.1) is 11.7 Å². The van der Waals surface area contributed by atoms with E-state index in [9.17, 15) is 19.1 Å². The molecule has 1 fully saturated rings. The van der Waals surface area contributed by atoms with E-state index in [2.05, 4.69) is 5.32 Å². The average Bonchev–Trinajstić information content (AvgIpc) is 2.58. The number of piperidine rings is 1. The summed E-state index contributed by atoms with van der Waals surface area (Å²) in [7, 11) is 0. The first-order chi connectivity index (χ1) is 11.9. The van der Waals surface area contributed by atoms with Crippen LogP contribution in [0.15, 0.2) is 18.2 Å². The fourth-order valence-electron chi connectivity index (χ4n) is 3.06. The van der Waals surface area contributed by atoms with Gasteiger partial charge in [0.25, 0.3) is 0 Å². The van der Waals surface area contributed by atoms with Crippen molar-refractivity contribution in [1.82, 2.24) is 10.2 Å². The van der Waals surface area contributed by atoms with Crippen molar-refractivity contribution in [3.8, 4) is 0 Å². The van der Waals surface area contributed by atoms with Crippen molar-refractivity contribution in [3.63, 3.8) is 0 Å². The van der Waals surface area contributed by atoms with Crippen LogP contribution in [0.5, 0.6) is 0 Å². The number of hydrogen-bond donors (Lipinski definition) is 2. The van der Waals surface area contributed by atoms with Crippen LogP contribution in [0.3, 0.4) is 0 Å². The molecule has 2 amide bonds. The van der Waals surface area contributed by atoms with Crippen molar-refractivity contribution in [1.29, 1.82) is 0 Å². The summed E-state index contributed by atoms with van der Waals surface area (Å²) in [5, 5.41) is 11.8. The number of benzene rings is 1. The maximum Gasteiger partial charge on any atom is 0.407 e. The molecule has 0 saturated carbocycles. The summed E-state index contributed by atoms with van der Waals surface area (Å²) in [6.45, 7) is 2.62. The van der Waals surface area contributed by atoms with Gasteiger partial charge in [-0.1, -0.05) is 23.7 Å². The Balaban J connectivity index is 2.17. The number of rotatable bonds is 6. The molecule has 1 aromatic carbocycles. The molecule has 0 aliphatic carbocycles. The Labute approximate surface area is 150 Å². The van der Waals surface area contributed by atoms with Crippen molar-refractivity contribution in [2.45, 2.75) is 25.9 Å². The molecule has 1 saturated heterocycles. The summed E-state index contributed by atoms with van der Waals surface area (Å²) in [6, 6.07) is 4.70. The minimum Gasteiger partial charge on any atom is -0.465 e. The van der Waals surface area contributed by atoms with E-state index in [0.29, 0.717) is 25.1 Å². The number of carbonyl (C=O) groups excluding carboxylic acids is 1. The number of nitrogens with one attached hydrogen (secondary N) is 1. The fourth-order valence-corrected chi connectivity index (χ4v) is 3.25. The number of hydrogen-bond acceptors (Lipinski definition) is 3. The van der Waals surface area contributed by atoms with Gasteiger partial charge in [-0.2, -0.15) is 0 Å². The van der Waals surface area contributed by atoms with Gasteiger partial charge in [-0.3, -0.25) is 4.79 Å². The van der Waals surface area contributed by atoms with E-state index in [0.717, 1.165) is 6.42 Å². The van der Waals surface area contributed by atoms with E-state index in [1.807, 2.05) is 0 Å². The van der Waals surface area contributed by atoms with Crippen molar-refractivity contribution < 1.29 is 23.8 Å². The molecule has 0 spiro atoms. The highest BCUT2D eigenvalue weighted by atomic mass is 35.5. The van der Waals surface area contributed by atoms with Crippen LogP contribution in [0.25, 0.3) is 0 Å². The quantitative estimate of drug-likeness (QED) is 0.752. The Morgan fingerprint density at radius 2 is 2.28 bits per heavy atom. The van der Waals surface area contributed by atoms with Crippen LogP contribution in [-0.4, -0.2) is 48.2 Å². The van der Waals surface area contributed by atoms with Gasteiger partial charge in [0.2, 0.25) is 5.91 Å². The van der Waals surface area contributed by atoms with Gasteiger partial charge in [-0.25, -0.2) is 9.18 Å². The van der Waals surface area contributed by atoms with E-state index >= 15 is 0 Å². The Hall–Kier alpha value is -1.86. The number of amides is 2. The number of carboxylic acid groups (broad SMARTS) is 1. The first-order valence-corrected chi connectivity index (χ1v) is 8.55. The summed E-state index contributed by atoms with van der Waals surface area (Å²) in [6.07, 6.45) is -0.214. The molecular weight excluding hydrogens is 351 g/mol. The maximum absolute atomic E-state index is 14.5. The zero-order valence-electron chi connectivity index (χ0n) is 14.0. The zero-order chi connectivity index (χ0) is 18.4. The van der Waals surface area contributed by atoms with Gasteiger partial charge in [0.15, 0.2) is 0 Å². The largest absolute Gasteiger partial charge is 0.465 e. The van der Waals surface area contributed by atoms with Gasteiger partial charge in [-0.15, -0.1) is 0 Å². The summed E-state index contributed by atoms with van der Waals surface area (Å²) < 4.78 is 20.3. The predicted octanol–water partition coefficient (Wildman–Crippen LogP) is 3.06. The second-order valence-corrected chi connectivity index (χ2v) is 6.46. The normalized spacial score (nSPS) is 18.7. The lowest BCUT2D eigenvalue weighted by atomic mass is 9.88. The smallest absolute Gasteiger partial charge is 0.407 e. The molecule has 138 valence electrons. The van der Waals surface area contributed by atoms with Crippen LogP contribution in [0.1, 0.15) is 31.4 Å². The van der Waals surface area contributed by atoms with Crippen molar-refractivity contribution in [2.24, 2.45) is 5.92 Å². The monoisotopic (exact) mass is 372 g/mol. The SMILES string of the molecule is CC(=O)NCCOC(c1cccc(Cl)c1F)C1CCCN(C(=O)O)C1. The van der Waals surface area contributed by atoms with Gasteiger partial charge >= 0.3 is 6.09 Å². The lowest BCUT2D eigenvalue weighted by Crippen LogP contribution is -2.41. The number of likely N-dealkylation sites (tertiary alicyclic amines) is 1. The topological polar surface area (TPSA) is 78.9 Å². The standard InChI is InChI=1S/C17H22ClFN2O4/c1-11(22)20-7-9-25-16(13-5-2-6-14(18)15(13)19)12-4-3-8-21(10-12)17(23)24/h2,5-6,12,16H,3-4,7-10H2,1H3,(H,20,22)(H,23,24). The maximum atomic E-state index is 14.5. The van der Waals surface area contributed by atoms with Gasteiger partial charge in [0.05, 0.1) is 17.7 Å². The number of ether oxygens (including phenoxy) is 1. The molecule has 2 N–H and O–H groups in total. The van der Waals surface area contributed by atoms with Crippen LogP contribution in [0.2, 0.25) is 5.02 Å². The van der Waals surface area contributed by atoms with E-state index < -0.39 is 18.0 Å². The first-order valence-electron chi connectivity index (χ1n) is 8.18. The lowest BCUT2D eigenvalue weighted by Gasteiger charge is -2.36. The van der Waals surface area contributed by atoms with Gasteiger partial charge in [-0.05, 0) is 18.9 Å². The Morgan fingerprint density at radius 1 is 1.52 bits per heavy atom. The molecule has 1 aromatic rings. The van der Waals surface area contributed by atoms with Crippen LogP contribution >= 0.6 is 11.6 Å². The third kappa shape index (κ3) is 5.31. The van der Waals surface area contributed by atoms with E-state index in [1.165, 1.54) is 17.9 Å². The summed E-state index contributed by atoms with van der Waals surface area (Å²) in [4.78, 5) is 23.5. The lowest BCUT2D eigenvalue weighted by molar-refractivity contribution is -0.119. The fraction of sp³-hybridized carbons (Fsp3) is 0.529. The van der Waals surface area contributed by atoms with Crippen LogP contribution < -0.4 is 5.32 Å². The molecule has 2 rings (SSSR count). The first kappa shape index (κ1) is 19.5. The zero-order valence-corrected chi connectivity index (χ0v) is 14.8. The number of halogens is 2. The van der Waals surface area contributed by atoms with E-state index in [-0.39, 0.29) is 30.0 Å². The van der Waals surface area contributed by atoms with Crippen molar-refractivity contribution in [2.75, 3.05) is 26.2 Å². The highest BCUT2D eigenvalue weighted by Crippen LogP contribution is 2.35. The molecule has 1 heterocycles. The van der Waals surface area contributed by atoms with Crippen molar-refractivity contribution >= 4 is 23.6 Å².